The van der Waals surface area contributed by atoms with E-state index >= 15 is 0 Å². The van der Waals surface area contributed by atoms with Crippen LogP contribution in [0, 0.1) is 5.92 Å². The number of hydrogen-bond donors (Lipinski definition) is 2. The summed E-state index contributed by atoms with van der Waals surface area (Å²) in [5.41, 5.74) is 5.48. The van der Waals surface area contributed by atoms with Crippen LogP contribution < -0.4 is 19.5 Å². The summed E-state index contributed by atoms with van der Waals surface area (Å²) in [5, 5.41) is 19.0. The summed E-state index contributed by atoms with van der Waals surface area (Å²) in [7, 11) is 1.69. The van der Waals surface area contributed by atoms with Crippen molar-refractivity contribution >= 4 is 33.4 Å². The lowest BCUT2D eigenvalue weighted by Gasteiger charge is -2.45. The van der Waals surface area contributed by atoms with Crippen molar-refractivity contribution in [1.29, 1.82) is 0 Å². The number of oxime groups is 1. The highest BCUT2D eigenvalue weighted by atomic mass is 79.9. The number of thioether (sulfide) groups is 1. The van der Waals surface area contributed by atoms with Crippen molar-refractivity contribution in [3.8, 4) is 17.2 Å². The quantitative estimate of drug-likeness (QED) is 0.217. The maximum Gasteiger partial charge on any atom is 0.142 e. The van der Waals surface area contributed by atoms with E-state index in [0.29, 0.717) is 25.5 Å². The summed E-state index contributed by atoms with van der Waals surface area (Å²) in [6.45, 7) is 1.89. The van der Waals surface area contributed by atoms with Gasteiger partial charge in [0.25, 0.3) is 0 Å². The molecule has 2 aliphatic heterocycles. The molecule has 7 nitrogen and oxygen atoms in total. The molecule has 2 N–H and O–H groups in total. The Balaban J connectivity index is 1.24. The van der Waals surface area contributed by atoms with Crippen molar-refractivity contribution in [2.45, 2.75) is 73.8 Å². The number of halogens is 1. The van der Waals surface area contributed by atoms with Crippen molar-refractivity contribution < 1.29 is 24.2 Å². The van der Waals surface area contributed by atoms with Gasteiger partial charge >= 0.3 is 0 Å². The molecule has 9 heteroatoms. The molecular formula is C35H39BrN2O5S. The summed E-state index contributed by atoms with van der Waals surface area (Å²) >= 11 is 5.85. The third kappa shape index (κ3) is 5.96. The number of benzene rings is 3. The molecule has 2 unspecified atom stereocenters. The predicted octanol–water partition coefficient (Wildman–Crippen LogP) is 6.77. The zero-order valence-electron chi connectivity index (χ0n) is 25.0. The molecule has 232 valence electrons. The maximum atomic E-state index is 10.5. The molecule has 2 heterocycles. The predicted molar refractivity (Wildman–Crippen MR) is 177 cm³/mol. The van der Waals surface area contributed by atoms with Gasteiger partial charge in [-0.1, -0.05) is 47.6 Å². The minimum Gasteiger partial charge on any atom is -0.497 e. The number of nitrogens with one attached hydrogen (secondary N) is 1. The van der Waals surface area contributed by atoms with Gasteiger partial charge in [0.15, 0.2) is 0 Å². The first-order valence-corrected chi connectivity index (χ1v) is 17.4. The zero-order chi connectivity index (χ0) is 30.1. The summed E-state index contributed by atoms with van der Waals surface area (Å²) in [6.07, 6.45) is 4.56. The topological polar surface area (TPSA) is 81.5 Å². The second kappa shape index (κ2) is 12.9. The van der Waals surface area contributed by atoms with Crippen LogP contribution in [0.25, 0.3) is 0 Å². The lowest BCUT2D eigenvalue weighted by Crippen LogP contribution is -2.54. The number of aliphatic hydroxyl groups excluding tert-OH is 1. The fraction of sp³-hybridized carbons (Fsp3) is 0.457. The Morgan fingerprint density at radius 3 is 2.66 bits per heavy atom. The molecule has 7 rings (SSSR count). The molecule has 2 aliphatic carbocycles. The van der Waals surface area contributed by atoms with Crippen LogP contribution in [0.15, 0.2) is 70.3 Å². The molecular weight excluding hydrogens is 640 g/mol. The monoisotopic (exact) mass is 678 g/mol. The highest BCUT2D eigenvalue weighted by Gasteiger charge is 2.60. The van der Waals surface area contributed by atoms with Gasteiger partial charge in [-0.25, -0.2) is 0 Å². The van der Waals surface area contributed by atoms with Crippen LogP contribution in [0.1, 0.15) is 54.4 Å². The van der Waals surface area contributed by atoms with Crippen LogP contribution in [0.3, 0.4) is 0 Å². The first kappa shape index (κ1) is 30.0. The molecule has 0 radical (unpaired) electrons. The van der Waals surface area contributed by atoms with Crippen molar-refractivity contribution in [1.82, 2.24) is 5.32 Å². The Hall–Kier alpha value is -2.72. The van der Waals surface area contributed by atoms with Gasteiger partial charge in [-0.15, -0.1) is 0 Å². The Morgan fingerprint density at radius 1 is 1.09 bits per heavy atom. The van der Waals surface area contributed by atoms with Crippen molar-refractivity contribution in [2.75, 3.05) is 20.3 Å². The maximum absolute atomic E-state index is 10.5. The average Bonchev–Trinajstić information content (AvgIpc) is 3.85. The summed E-state index contributed by atoms with van der Waals surface area (Å²) in [6, 6.07) is 20.6. The molecule has 0 aromatic heterocycles. The minimum atomic E-state index is -0.311. The van der Waals surface area contributed by atoms with Gasteiger partial charge in [-0.3, -0.25) is 0 Å². The summed E-state index contributed by atoms with van der Waals surface area (Å²) in [5.74, 6) is 4.07. The summed E-state index contributed by atoms with van der Waals surface area (Å²) < 4.78 is 19.6. The van der Waals surface area contributed by atoms with E-state index in [9.17, 15) is 5.11 Å². The van der Waals surface area contributed by atoms with E-state index in [1.807, 2.05) is 42.1 Å². The molecule has 44 heavy (non-hydrogen) atoms. The van der Waals surface area contributed by atoms with Gasteiger partial charge in [0.1, 0.15) is 34.4 Å². The minimum absolute atomic E-state index is 0.0500. The van der Waals surface area contributed by atoms with Crippen LogP contribution in [0.4, 0.5) is 0 Å². The first-order valence-electron chi connectivity index (χ1n) is 15.5. The molecule has 3 aromatic rings. The highest BCUT2D eigenvalue weighted by Crippen LogP contribution is 2.61. The van der Waals surface area contributed by atoms with Gasteiger partial charge in [-0.05, 0) is 76.0 Å². The van der Waals surface area contributed by atoms with Crippen LogP contribution >= 0.6 is 27.7 Å². The van der Waals surface area contributed by atoms with Crippen LogP contribution in [-0.4, -0.2) is 48.5 Å². The summed E-state index contributed by atoms with van der Waals surface area (Å²) in [4.78, 5) is 5.92. The van der Waals surface area contributed by atoms with E-state index in [1.165, 1.54) is 29.5 Å². The van der Waals surface area contributed by atoms with Crippen LogP contribution in [-0.2, 0) is 29.2 Å². The number of aliphatic hydroxyl groups is 1. The lowest BCUT2D eigenvalue weighted by atomic mass is 9.64. The third-order valence-electron chi connectivity index (χ3n) is 9.42. The molecule has 1 spiro atoms. The van der Waals surface area contributed by atoms with E-state index in [1.54, 1.807) is 7.11 Å². The second-order valence-corrected chi connectivity index (χ2v) is 14.4. The molecule has 4 atom stereocenters. The highest BCUT2D eigenvalue weighted by molar-refractivity contribution is 9.10. The molecule has 0 bridgehead atoms. The zero-order valence-corrected chi connectivity index (χ0v) is 27.4. The largest absolute Gasteiger partial charge is 0.497 e. The Kier molecular flexibility index (Phi) is 8.82. The SMILES string of the molecule is COc1ccc(CS[C@@H]2CC(=NOCc3ccccc3)CC3Oc4c(Br)c(OCC5CC5)cc5c4C32C[C@@H](CO)NC5)cc1. The number of rotatable bonds is 11. The molecule has 0 saturated heterocycles. The fourth-order valence-electron chi connectivity index (χ4n) is 6.91. The van der Waals surface area contributed by atoms with E-state index < -0.39 is 0 Å². The van der Waals surface area contributed by atoms with Gasteiger partial charge < -0.3 is 29.5 Å². The Morgan fingerprint density at radius 2 is 1.91 bits per heavy atom. The second-order valence-electron chi connectivity index (χ2n) is 12.4. The van der Waals surface area contributed by atoms with Gasteiger partial charge in [0.2, 0.25) is 0 Å². The standard InChI is InChI=1S/C35H39BrN2O5S/c1-40-28-11-9-24(10-12-28)21-44-31-15-26(38-42-20-22-5-3-2-4-6-22)14-30-35(31)16-27(18-39)37-17-25-13-29(41-19-23-7-8-23)33(36)34(43-30)32(25)35/h2-6,9-13,23,27,30-31,37,39H,7-8,14-21H2,1H3/t27-,30?,31+,35?/m0/s1. The van der Waals surface area contributed by atoms with E-state index in [4.69, 9.17) is 24.2 Å². The molecule has 3 aromatic carbocycles. The fourth-order valence-corrected chi connectivity index (χ4v) is 8.99. The number of ether oxygens (including phenoxy) is 3. The van der Waals surface area contributed by atoms with Crippen molar-refractivity contribution in [2.24, 2.45) is 11.1 Å². The normalized spacial score (nSPS) is 26.3. The number of hydrogen-bond acceptors (Lipinski definition) is 8. The number of nitrogens with zero attached hydrogens (tertiary/aromatic N) is 1. The van der Waals surface area contributed by atoms with E-state index in [2.05, 4.69) is 51.6 Å². The van der Waals surface area contributed by atoms with Gasteiger partial charge in [0.05, 0.1) is 31.5 Å². The molecule has 2 fully saturated rings. The van der Waals surface area contributed by atoms with Crippen molar-refractivity contribution in [3.63, 3.8) is 0 Å². The van der Waals surface area contributed by atoms with Crippen molar-refractivity contribution in [3.05, 3.63) is 87.4 Å². The van der Waals surface area contributed by atoms with E-state index in [-0.39, 0.29) is 29.4 Å². The average molecular weight is 680 g/mol. The molecule has 4 aliphatic rings. The third-order valence-corrected chi connectivity index (χ3v) is 11.7. The van der Waals surface area contributed by atoms with Gasteiger partial charge in [0, 0.05) is 42.0 Å². The van der Waals surface area contributed by atoms with Crippen LogP contribution in [0.5, 0.6) is 17.2 Å². The molecule has 0 amide bonds. The van der Waals surface area contributed by atoms with Crippen LogP contribution in [0.2, 0.25) is 0 Å². The molecule has 2 saturated carbocycles. The Labute approximate surface area is 271 Å². The smallest absolute Gasteiger partial charge is 0.142 e. The Bertz CT molecular complexity index is 1500. The van der Waals surface area contributed by atoms with Gasteiger partial charge in [-0.2, -0.15) is 11.8 Å². The lowest BCUT2D eigenvalue weighted by molar-refractivity contribution is 0.101. The van der Waals surface area contributed by atoms with E-state index in [0.717, 1.165) is 58.2 Å². The first-order chi connectivity index (χ1) is 21.6. The number of methoxy groups -OCH3 is 1.